The first-order chi connectivity index (χ1) is 15.9. The molecule has 0 saturated carbocycles. The third-order valence-corrected chi connectivity index (χ3v) is 7.36. The number of aryl methyl sites for hydroxylation is 1. The highest BCUT2D eigenvalue weighted by Gasteiger charge is 2.43. The van der Waals surface area contributed by atoms with E-state index in [0.29, 0.717) is 6.42 Å². The molecular formula is C26H29FO5S. The fourth-order valence-electron chi connectivity index (χ4n) is 4.43. The molecule has 5 nitrogen and oxygen atoms in total. The van der Waals surface area contributed by atoms with Gasteiger partial charge in [0.25, 0.3) is 0 Å². The molecule has 0 radical (unpaired) electrons. The molecule has 2 N–H and O–H groups in total. The SMILES string of the molecule is COC(c1ccc(-c2ccc(F)cc2)s1)c1cc([C@@]2(OC)C[C@@H](O)C[C@@H](CO)O2)ccc1C. The molecule has 0 amide bonds. The van der Waals surface area contributed by atoms with Crippen LogP contribution in [0.1, 0.15) is 40.5 Å². The maximum Gasteiger partial charge on any atom is 0.197 e. The van der Waals surface area contributed by atoms with E-state index in [2.05, 4.69) is 0 Å². The molecular weight excluding hydrogens is 443 g/mol. The van der Waals surface area contributed by atoms with Crippen molar-refractivity contribution in [1.29, 1.82) is 0 Å². The zero-order chi connectivity index (χ0) is 23.6. The van der Waals surface area contributed by atoms with Gasteiger partial charge in [0.1, 0.15) is 11.9 Å². The Bertz CT molecular complexity index is 1080. The first-order valence-electron chi connectivity index (χ1n) is 10.9. The minimum absolute atomic E-state index is 0.192. The molecule has 0 bridgehead atoms. The van der Waals surface area contributed by atoms with Gasteiger partial charge in [0, 0.05) is 42.4 Å². The molecule has 1 fully saturated rings. The maximum atomic E-state index is 13.3. The van der Waals surface area contributed by atoms with Crippen molar-refractivity contribution in [2.75, 3.05) is 20.8 Å². The van der Waals surface area contributed by atoms with Crippen LogP contribution >= 0.6 is 11.3 Å². The molecule has 1 aliphatic rings. The zero-order valence-corrected chi connectivity index (χ0v) is 19.8. The highest BCUT2D eigenvalue weighted by Crippen LogP contribution is 2.42. The number of methoxy groups -OCH3 is 2. The number of aliphatic hydroxyl groups is 2. The van der Waals surface area contributed by atoms with Crippen LogP contribution in [-0.2, 0) is 20.0 Å². The van der Waals surface area contributed by atoms with Gasteiger partial charge in [-0.15, -0.1) is 11.3 Å². The molecule has 1 unspecified atom stereocenters. The summed E-state index contributed by atoms with van der Waals surface area (Å²) in [5.74, 6) is -1.41. The van der Waals surface area contributed by atoms with E-state index in [1.807, 2.05) is 37.3 Å². The van der Waals surface area contributed by atoms with Crippen molar-refractivity contribution in [2.24, 2.45) is 0 Å². The van der Waals surface area contributed by atoms with E-state index in [4.69, 9.17) is 14.2 Å². The summed E-state index contributed by atoms with van der Waals surface area (Å²) in [6.45, 7) is 1.83. The lowest BCUT2D eigenvalue weighted by Crippen LogP contribution is -2.46. The summed E-state index contributed by atoms with van der Waals surface area (Å²) in [5, 5.41) is 20.0. The highest BCUT2D eigenvalue weighted by molar-refractivity contribution is 7.15. The number of halogens is 1. The Labute approximate surface area is 197 Å². The van der Waals surface area contributed by atoms with Crippen molar-refractivity contribution >= 4 is 11.3 Å². The minimum Gasteiger partial charge on any atom is -0.394 e. The largest absolute Gasteiger partial charge is 0.394 e. The van der Waals surface area contributed by atoms with Gasteiger partial charge in [-0.1, -0.05) is 24.3 Å². The number of hydrogen-bond acceptors (Lipinski definition) is 6. The summed E-state index contributed by atoms with van der Waals surface area (Å²) >= 11 is 1.60. The van der Waals surface area contributed by atoms with Gasteiger partial charge in [-0.05, 0) is 53.9 Å². The number of benzene rings is 2. The third-order valence-electron chi connectivity index (χ3n) is 6.18. The van der Waals surface area contributed by atoms with Gasteiger partial charge in [0.2, 0.25) is 0 Å². The molecule has 0 spiro atoms. The molecule has 1 aromatic heterocycles. The highest BCUT2D eigenvalue weighted by atomic mass is 32.1. The fraction of sp³-hybridized carbons (Fsp3) is 0.385. The van der Waals surface area contributed by atoms with Crippen molar-refractivity contribution in [3.63, 3.8) is 0 Å². The van der Waals surface area contributed by atoms with Crippen LogP contribution in [0.2, 0.25) is 0 Å². The summed E-state index contributed by atoms with van der Waals surface area (Å²) in [6, 6.07) is 16.4. The second kappa shape index (κ2) is 10.0. The number of aliphatic hydroxyl groups excluding tert-OH is 2. The summed E-state index contributed by atoms with van der Waals surface area (Å²) in [5.41, 5.74) is 3.72. The van der Waals surface area contributed by atoms with Crippen LogP contribution < -0.4 is 0 Å². The van der Waals surface area contributed by atoms with Crippen LogP contribution in [0.4, 0.5) is 4.39 Å². The Kier molecular flexibility index (Phi) is 7.28. The van der Waals surface area contributed by atoms with Gasteiger partial charge in [-0.3, -0.25) is 0 Å². The predicted molar refractivity (Wildman–Crippen MR) is 126 cm³/mol. The molecule has 2 aromatic carbocycles. The van der Waals surface area contributed by atoms with E-state index in [1.54, 1.807) is 37.7 Å². The smallest absolute Gasteiger partial charge is 0.197 e. The van der Waals surface area contributed by atoms with Gasteiger partial charge in [-0.25, -0.2) is 4.39 Å². The topological polar surface area (TPSA) is 68.2 Å². The standard InChI is InChI=1S/C26H29FO5S/c1-16-4-7-18(26(31-3)14-20(29)13-21(15-28)32-26)12-22(16)25(30-2)24-11-10-23(33-24)17-5-8-19(27)9-6-17/h4-12,20-21,25,28-29H,13-15H2,1-3H3/t20-,21-,25?,26+/m0/s1. The molecule has 33 heavy (non-hydrogen) atoms. The van der Waals surface area contributed by atoms with Crippen molar-refractivity contribution in [2.45, 2.75) is 43.9 Å². The zero-order valence-electron chi connectivity index (χ0n) is 19.0. The minimum atomic E-state index is -1.15. The molecule has 4 atom stereocenters. The second-order valence-electron chi connectivity index (χ2n) is 8.37. The van der Waals surface area contributed by atoms with Crippen LogP contribution in [0.15, 0.2) is 54.6 Å². The number of ether oxygens (including phenoxy) is 3. The van der Waals surface area contributed by atoms with E-state index in [1.165, 1.54) is 12.1 Å². The van der Waals surface area contributed by atoms with Gasteiger partial charge >= 0.3 is 0 Å². The van der Waals surface area contributed by atoms with Crippen LogP contribution in [0.5, 0.6) is 0 Å². The van der Waals surface area contributed by atoms with Crippen molar-refractivity contribution in [3.05, 3.63) is 82.0 Å². The summed E-state index contributed by atoms with van der Waals surface area (Å²) < 4.78 is 31.1. The molecule has 176 valence electrons. The Morgan fingerprint density at radius 2 is 1.91 bits per heavy atom. The number of rotatable bonds is 7. The Balaban J connectivity index is 1.70. The average Bonchev–Trinajstić information content (AvgIpc) is 3.30. The lowest BCUT2D eigenvalue weighted by atomic mass is 9.89. The normalized spacial score (nSPS) is 24.1. The fourth-order valence-corrected chi connectivity index (χ4v) is 5.54. The third kappa shape index (κ3) is 4.89. The van der Waals surface area contributed by atoms with E-state index in [9.17, 15) is 14.6 Å². The van der Waals surface area contributed by atoms with Crippen LogP contribution in [-0.4, -0.2) is 43.2 Å². The quantitative estimate of drug-likeness (QED) is 0.510. The van der Waals surface area contributed by atoms with Crippen molar-refractivity contribution < 1.29 is 28.8 Å². The number of thiophene rings is 1. The molecule has 0 aliphatic carbocycles. The van der Waals surface area contributed by atoms with Crippen LogP contribution in [0, 0.1) is 12.7 Å². The molecule has 7 heteroatoms. The van der Waals surface area contributed by atoms with E-state index in [0.717, 1.165) is 32.0 Å². The van der Waals surface area contributed by atoms with Gasteiger partial charge in [0.15, 0.2) is 5.79 Å². The first kappa shape index (κ1) is 24.0. The maximum absolute atomic E-state index is 13.3. The summed E-state index contributed by atoms with van der Waals surface area (Å²) in [6.07, 6.45) is -0.835. The molecule has 3 aromatic rings. The Morgan fingerprint density at radius 3 is 2.58 bits per heavy atom. The van der Waals surface area contributed by atoms with E-state index < -0.39 is 18.0 Å². The Hall–Kier alpha value is -2.13. The van der Waals surface area contributed by atoms with E-state index in [-0.39, 0.29) is 24.9 Å². The lowest BCUT2D eigenvalue weighted by Gasteiger charge is -2.42. The average molecular weight is 473 g/mol. The van der Waals surface area contributed by atoms with Gasteiger partial charge in [-0.2, -0.15) is 0 Å². The lowest BCUT2D eigenvalue weighted by molar-refractivity contribution is -0.298. The first-order valence-corrected chi connectivity index (χ1v) is 11.7. The monoisotopic (exact) mass is 472 g/mol. The van der Waals surface area contributed by atoms with Gasteiger partial charge in [0.05, 0.1) is 18.8 Å². The molecule has 1 saturated heterocycles. The van der Waals surface area contributed by atoms with Gasteiger partial charge < -0.3 is 24.4 Å². The Morgan fingerprint density at radius 1 is 1.15 bits per heavy atom. The molecule has 1 aliphatic heterocycles. The second-order valence-corrected chi connectivity index (χ2v) is 9.48. The predicted octanol–water partition coefficient (Wildman–Crippen LogP) is 4.93. The van der Waals surface area contributed by atoms with E-state index >= 15 is 0 Å². The summed E-state index contributed by atoms with van der Waals surface area (Å²) in [4.78, 5) is 2.04. The van der Waals surface area contributed by atoms with Crippen molar-refractivity contribution in [1.82, 2.24) is 0 Å². The summed E-state index contributed by atoms with van der Waals surface area (Å²) in [7, 11) is 3.22. The van der Waals surface area contributed by atoms with Crippen LogP contribution in [0.25, 0.3) is 10.4 Å². The molecule has 2 heterocycles. The number of hydrogen-bond donors (Lipinski definition) is 2. The van der Waals surface area contributed by atoms with Crippen molar-refractivity contribution in [3.8, 4) is 10.4 Å². The van der Waals surface area contributed by atoms with Crippen LogP contribution in [0.3, 0.4) is 0 Å². The molecule has 4 rings (SSSR count).